The summed E-state index contributed by atoms with van der Waals surface area (Å²) in [6.07, 6.45) is 2.17. The van der Waals surface area contributed by atoms with Crippen LogP contribution in [0.2, 0.25) is 0 Å². The van der Waals surface area contributed by atoms with Crippen LogP contribution in [0.15, 0.2) is 0 Å². The van der Waals surface area contributed by atoms with Crippen molar-refractivity contribution >= 4 is 18.5 Å². The number of carbonyl (C=O) groups excluding carboxylic acids is 1. The van der Waals surface area contributed by atoms with Gasteiger partial charge in [-0.2, -0.15) is 12.6 Å². The summed E-state index contributed by atoms with van der Waals surface area (Å²) in [5.74, 6) is 0.110. The van der Waals surface area contributed by atoms with E-state index in [0.717, 1.165) is 12.8 Å². The minimum atomic E-state index is -0.186. The zero-order valence-corrected chi connectivity index (χ0v) is 9.27. The molecule has 0 aliphatic carbocycles. The Hall–Kier alpha value is -0.180. The van der Waals surface area contributed by atoms with Crippen molar-refractivity contribution < 1.29 is 4.79 Å². The highest BCUT2D eigenvalue weighted by Gasteiger charge is 2.17. The molecular weight excluding hydrogens is 170 g/mol. The summed E-state index contributed by atoms with van der Waals surface area (Å²) in [5.41, 5.74) is 0. The van der Waals surface area contributed by atoms with Gasteiger partial charge in [-0.15, -0.1) is 0 Å². The molecule has 3 heteroatoms. The molecule has 0 saturated carbocycles. The molecule has 0 spiro atoms. The van der Waals surface area contributed by atoms with Gasteiger partial charge in [0.2, 0.25) is 5.91 Å². The van der Waals surface area contributed by atoms with E-state index in [0.29, 0.717) is 6.04 Å². The third-order valence-electron chi connectivity index (χ3n) is 2.07. The molecule has 0 saturated heterocycles. The molecule has 0 heterocycles. The third kappa shape index (κ3) is 3.48. The number of thiol groups is 1. The van der Waals surface area contributed by atoms with Crippen LogP contribution in [-0.2, 0) is 4.79 Å². The van der Waals surface area contributed by atoms with E-state index in [1.807, 2.05) is 7.05 Å². The lowest BCUT2D eigenvalue weighted by Crippen LogP contribution is -2.38. The van der Waals surface area contributed by atoms with Gasteiger partial charge in [-0.3, -0.25) is 4.79 Å². The highest BCUT2D eigenvalue weighted by molar-refractivity contribution is 7.81. The van der Waals surface area contributed by atoms with Gasteiger partial charge >= 0.3 is 0 Å². The van der Waals surface area contributed by atoms with E-state index in [1.165, 1.54) is 0 Å². The topological polar surface area (TPSA) is 20.3 Å². The minimum Gasteiger partial charge on any atom is -0.342 e. The lowest BCUT2D eigenvalue weighted by atomic mass is 10.1. The first-order chi connectivity index (χ1) is 5.50. The van der Waals surface area contributed by atoms with Crippen LogP contribution in [0.5, 0.6) is 0 Å². The maximum Gasteiger partial charge on any atom is 0.235 e. The maximum atomic E-state index is 11.4. The Kier molecular flexibility index (Phi) is 5.38. The van der Waals surface area contributed by atoms with Crippen LogP contribution in [0.4, 0.5) is 0 Å². The smallest absolute Gasteiger partial charge is 0.235 e. The summed E-state index contributed by atoms with van der Waals surface area (Å²) in [4.78, 5) is 13.2. The Morgan fingerprint density at radius 1 is 1.50 bits per heavy atom. The van der Waals surface area contributed by atoms with Crippen molar-refractivity contribution in [1.29, 1.82) is 0 Å². The zero-order chi connectivity index (χ0) is 9.72. The fraction of sp³-hybridized carbons (Fsp3) is 0.889. The molecule has 0 N–H and O–H groups in total. The highest BCUT2D eigenvalue weighted by Crippen LogP contribution is 2.07. The SMILES string of the molecule is CCCC(C)N(C)C(=O)C(C)S. The quantitative estimate of drug-likeness (QED) is 0.670. The summed E-state index contributed by atoms with van der Waals surface area (Å²) >= 11 is 4.10. The van der Waals surface area contributed by atoms with Crippen molar-refractivity contribution in [2.24, 2.45) is 0 Å². The normalized spacial score (nSPS) is 15.4. The van der Waals surface area contributed by atoms with Crippen molar-refractivity contribution in [3.05, 3.63) is 0 Å². The van der Waals surface area contributed by atoms with Crippen LogP contribution in [0.3, 0.4) is 0 Å². The van der Waals surface area contributed by atoms with Crippen LogP contribution in [0.25, 0.3) is 0 Å². The first-order valence-electron chi connectivity index (χ1n) is 4.45. The molecule has 0 aliphatic heterocycles. The fourth-order valence-corrected chi connectivity index (χ4v) is 1.31. The average molecular weight is 189 g/mol. The van der Waals surface area contributed by atoms with Crippen molar-refractivity contribution in [3.8, 4) is 0 Å². The van der Waals surface area contributed by atoms with Crippen molar-refractivity contribution in [1.82, 2.24) is 4.90 Å². The lowest BCUT2D eigenvalue weighted by Gasteiger charge is -2.25. The van der Waals surface area contributed by atoms with E-state index >= 15 is 0 Å². The standard InChI is InChI=1S/C9H19NOS/c1-5-6-7(2)10(4)9(11)8(3)12/h7-8,12H,5-6H2,1-4H3. The number of amides is 1. The molecule has 0 bridgehead atoms. The molecule has 0 aromatic rings. The van der Waals surface area contributed by atoms with Crippen molar-refractivity contribution in [3.63, 3.8) is 0 Å². The first-order valence-corrected chi connectivity index (χ1v) is 4.97. The van der Waals surface area contributed by atoms with Crippen molar-refractivity contribution in [2.45, 2.75) is 44.9 Å². The Bertz CT molecular complexity index is 147. The van der Waals surface area contributed by atoms with E-state index in [1.54, 1.807) is 11.8 Å². The van der Waals surface area contributed by atoms with Crippen LogP contribution in [0.1, 0.15) is 33.6 Å². The van der Waals surface area contributed by atoms with Gasteiger partial charge in [0.25, 0.3) is 0 Å². The molecule has 2 unspecified atom stereocenters. The van der Waals surface area contributed by atoms with E-state index in [4.69, 9.17) is 0 Å². The molecule has 72 valence electrons. The number of rotatable bonds is 4. The van der Waals surface area contributed by atoms with Gasteiger partial charge in [0.15, 0.2) is 0 Å². The molecule has 2 atom stereocenters. The molecule has 0 rings (SSSR count). The monoisotopic (exact) mass is 189 g/mol. The van der Waals surface area contributed by atoms with Gasteiger partial charge in [-0.05, 0) is 20.3 Å². The van der Waals surface area contributed by atoms with Gasteiger partial charge in [-0.1, -0.05) is 13.3 Å². The summed E-state index contributed by atoms with van der Waals surface area (Å²) in [6, 6.07) is 0.331. The average Bonchev–Trinajstić information content (AvgIpc) is 2.02. The van der Waals surface area contributed by atoms with Gasteiger partial charge in [0, 0.05) is 13.1 Å². The zero-order valence-electron chi connectivity index (χ0n) is 8.37. The second-order valence-corrected chi connectivity index (χ2v) is 4.04. The Morgan fingerprint density at radius 3 is 2.33 bits per heavy atom. The summed E-state index contributed by atoms with van der Waals surface area (Å²) < 4.78 is 0. The molecular formula is C9H19NOS. The maximum absolute atomic E-state index is 11.4. The van der Waals surface area contributed by atoms with Crippen LogP contribution >= 0.6 is 12.6 Å². The largest absolute Gasteiger partial charge is 0.342 e. The van der Waals surface area contributed by atoms with E-state index in [-0.39, 0.29) is 11.2 Å². The molecule has 1 amide bonds. The molecule has 2 nitrogen and oxygen atoms in total. The van der Waals surface area contributed by atoms with Gasteiger partial charge < -0.3 is 4.90 Å². The summed E-state index contributed by atoms with van der Waals surface area (Å²) in [6.45, 7) is 6.00. The van der Waals surface area contributed by atoms with Gasteiger partial charge in [-0.25, -0.2) is 0 Å². The Balaban J connectivity index is 4.00. The molecule has 0 aliphatic rings. The van der Waals surface area contributed by atoms with Crippen LogP contribution < -0.4 is 0 Å². The summed E-state index contributed by atoms with van der Waals surface area (Å²) in [5, 5.41) is -0.186. The van der Waals surface area contributed by atoms with Crippen LogP contribution in [0, 0.1) is 0 Å². The van der Waals surface area contributed by atoms with Gasteiger partial charge in [0.05, 0.1) is 5.25 Å². The van der Waals surface area contributed by atoms with E-state index < -0.39 is 0 Å². The predicted octanol–water partition coefficient (Wildman–Crippen LogP) is 1.95. The second kappa shape index (κ2) is 5.46. The second-order valence-electron chi connectivity index (χ2n) is 3.26. The molecule has 0 radical (unpaired) electrons. The minimum absolute atomic E-state index is 0.110. The third-order valence-corrected chi connectivity index (χ3v) is 2.29. The fourth-order valence-electron chi connectivity index (χ4n) is 1.12. The number of carbonyl (C=O) groups is 1. The Labute approximate surface area is 80.7 Å². The summed E-state index contributed by atoms with van der Waals surface area (Å²) in [7, 11) is 1.84. The number of hydrogen-bond acceptors (Lipinski definition) is 2. The number of nitrogens with zero attached hydrogens (tertiary/aromatic N) is 1. The van der Waals surface area contributed by atoms with Crippen molar-refractivity contribution in [2.75, 3.05) is 7.05 Å². The number of hydrogen-bond donors (Lipinski definition) is 1. The molecule has 0 aromatic heterocycles. The molecule has 0 aromatic carbocycles. The van der Waals surface area contributed by atoms with E-state index in [2.05, 4.69) is 26.5 Å². The first kappa shape index (κ1) is 11.8. The lowest BCUT2D eigenvalue weighted by molar-refractivity contribution is -0.130. The predicted molar refractivity (Wildman–Crippen MR) is 55.6 cm³/mol. The highest BCUT2D eigenvalue weighted by atomic mass is 32.1. The van der Waals surface area contributed by atoms with Crippen LogP contribution in [-0.4, -0.2) is 29.1 Å². The van der Waals surface area contributed by atoms with Gasteiger partial charge in [0.1, 0.15) is 0 Å². The molecule has 12 heavy (non-hydrogen) atoms. The van der Waals surface area contributed by atoms with E-state index in [9.17, 15) is 4.79 Å². The Morgan fingerprint density at radius 2 is 2.00 bits per heavy atom. The molecule has 0 fully saturated rings.